The highest BCUT2D eigenvalue weighted by atomic mass is 79.9. The summed E-state index contributed by atoms with van der Waals surface area (Å²) in [7, 11) is 0. The van der Waals surface area contributed by atoms with Gasteiger partial charge in [0.05, 0.1) is 4.91 Å². The average molecular weight is 470 g/mol. The topological polar surface area (TPSA) is 33.5 Å². The standard InChI is InChI=1S/C22H16BrNO2S2/c23-17-8-6-16(7-9-17)19-11-10-18(26-19)14-20-21(25)24(22(27)28-20)13-12-15-4-2-1-3-5-15/h1-11,14H,12-13H2. The van der Waals surface area contributed by atoms with Crippen molar-refractivity contribution in [1.82, 2.24) is 4.90 Å². The van der Waals surface area contributed by atoms with Gasteiger partial charge < -0.3 is 4.42 Å². The number of rotatable bonds is 5. The van der Waals surface area contributed by atoms with Crippen molar-refractivity contribution in [3.63, 3.8) is 0 Å². The van der Waals surface area contributed by atoms with Gasteiger partial charge in [-0.25, -0.2) is 0 Å². The maximum Gasteiger partial charge on any atom is 0.266 e. The summed E-state index contributed by atoms with van der Waals surface area (Å²) in [5, 5.41) is 0. The second-order valence-electron chi connectivity index (χ2n) is 6.28. The Morgan fingerprint density at radius 2 is 1.79 bits per heavy atom. The number of benzene rings is 2. The highest BCUT2D eigenvalue weighted by Gasteiger charge is 2.31. The predicted octanol–water partition coefficient (Wildman–Crippen LogP) is 6.15. The molecule has 1 fully saturated rings. The van der Waals surface area contributed by atoms with E-state index in [4.69, 9.17) is 16.6 Å². The van der Waals surface area contributed by atoms with Crippen molar-refractivity contribution in [3.8, 4) is 11.3 Å². The van der Waals surface area contributed by atoms with E-state index in [1.54, 1.807) is 11.0 Å². The Balaban J connectivity index is 1.47. The number of hydrogen-bond acceptors (Lipinski definition) is 4. The van der Waals surface area contributed by atoms with E-state index in [9.17, 15) is 4.79 Å². The first-order valence-electron chi connectivity index (χ1n) is 8.75. The third-order valence-electron chi connectivity index (χ3n) is 4.37. The minimum Gasteiger partial charge on any atom is -0.457 e. The summed E-state index contributed by atoms with van der Waals surface area (Å²) >= 11 is 10.2. The molecule has 28 heavy (non-hydrogen) atoms. The second kappa shape index (κ2) is 8.47. The maximum atomic E-state index is 12.8. The van der Waals surface area contributed by atoms with E-state index in [-0.39, 0.29) is 5.91 Å². The molecule has 0 unspecified atom stereocenters. The number of halogens is 1. The normalized spacial score (nSPS) is 15.6. The fourth-order valence-corrected chi connectivity index (χ4v) is 4.46. The molecule has 0 saturated carbocycles. The van der Waals surface area contributed by atoms with Crippen LogP contribution >= 0.6 is 39.9 Å². The zero-order valence-corrected chi connectivity index (χ0v) is 18.0. The van der Waals surface area contributed by atoms with Crippen LogP contribution in [0, 0.1) is 0 Å². The third kappa shape index (κ3) is 4.29. The highest BCUT2D eigenvalue weighted by Crippen LogP contribution is 2.33. The summed E-state index contributed by atoms with van der Waals surface area (Å²) in [5.74, 6) is 1.34. The lowest BCUT2D eigenvalue weighted by Crippen LogP contribution is -2.30. The minimum absolute atomic E-state index is 0.0625. The number of thioether (sulfide) groups is 1. The van der Waals surface area contributed by atoms with Crippen molar-refractivity contribution >= 4 is 56.2 Å². The van der Waals surface area contributed by atoms with E-state index in [1.807, 2.05) is 54.6 Å². The van der Waals surface area contributed by atoms with Gasteiger partial charge in [-0.1, -0.05) is 82.4 Å². The van der Waals surface area contributed by atoms with Gasteiger partial charge in [0.1, 0.15) is 15.8 Å². The number of carbonyl (C=O) groups excluding carboxylic acids is 1. The van der Waals surface area contributed by atoms with Gasteiger partial charge >= 0.3 is 0 Å². The minimum atomic E-state index is -0.0625. The summed E-state index contributed by atoms with van der Waals surface area (Å²) in [4.78, 5) is 15.0. The largest absolute Gasteiger partial charge is 0.457 e. The first kappa shape index (κ1) is 19.2. The number of hydrogen-bond donors (Lipinski definition) is 0. The molecule has 0 atom stereocenters. The highest BCUT2D eigenvalue weighted by molar-refractivity contribution is 9.10. The van der Waals surface area contributed by atoms with Gasteiger partial charge in [0.15, 0.2) is 0 Å². The lowest BCUT2D eigenvalue weighted by atomic mass is 10.1. The first-order chi connectivity index (χ1) is 13.6. The summed E-state index contributed by atoms with van der Waals surface area (Å²) in [5.41, 5.74) is 2.17. The molecule has 0 spiro atoms. The molecule has 3 aromatic rings. The molecule has 6 heteroatoms. The van der Waals surface area contributed by atoms with Crippen LogP contribution in [0.5, 0.6) is 0 Å². The fraction of sp³-hybridized carbons (Fsp3) is 0.0909. The molecular weight excluding hydrogens is 454 g/mol. The van der Waals surface area contributed by atoms with E-state index in [0.717, 1.165) is 22.2 Å². The van der Waals surface area contributed by atoms with E-state index in [1.165, 1.54) is 17.3 Å². The molecule has 1 saturated heterocycles. The Kier molecular flexibility index (Phi) is 5.80. The molecule has 2 heterocycles. The molecule has 140 valence electrons. The Bertz CT molecular complexity index is 1040. The van der Waals surface area contributed by atoms with Crippen LogP contribution in [0.25, 0.3) is 17.4 Å². The van der Waals surface area contributed by atoms with Crippen LogP contribution in [-0.2, 0) is 11.2 Å². The third-order valence-corrected chi connectivity index (χ3v) is 6.28. The first-order valence-corrected chi connectivity index (χ1v) is 10.8. The summed E-state index contributed by atoms with van der Waals surface area (Å²) in [6.07, 6.45) is 2.54. The van der Waals surface area contributed by atoms with Crippen molar-refractivity contribution in [2.75, 3.05) is 6.54 Å². The number of carbonyl (C=O) groups is 1. The monoisotopic (exact) mass is 469 g/mol. The maximum absolute atomic E-state index is 12.8. The quantitative estimate of drug-likeness (QED) is 0.331. The molecule has 2 aromatic carbocycles. The van der Waals surface area contributed by atoms with Crippen LogP contribution in [0.15, 0.2) is 80.5 Å². The van der Waals surface area contributed by atoms with Crippen molar-refractivity contribution in [3.05, 3.63) is 87.4 Å². The molecule has 1 aromatic heterocycles. The summed E-state index contributed by atoms with van der Waals surface area (Å²) in [6.45, 7) is 0.578. The zero-order valence-electron chi connectivity index (χ0n) is 14.8. The molecule has 0 radical (unpaired) electrons. The molecule has 1 aliphatic heterocycles. The van der Waals surface area contributed by atoms with Crippen molar-refractivity contribution in [2.45, 2.75) is 6.42 Å². The Hall–Kier alpha value is -2.15. The van der Waals surface area contributed by atoms with Crippen molar-refractivity contribution < 1.29 is 9.21 Å². The summed E-state index contributed by atoms with van der Waals surface area (Å²) in [6, 6.07) is 21.8. The van der Waals surface area contributed by atoms with Gasteiger partial charge in [-0.05, 0) is 36.2 Å². The van der Waals surface area contributed by atoms with E-state index >= 15 is 0 Å². The molecule has 3 nitrogen and oxygen atoms in total. The molecule has 0 bridgehead atoms. The fourth-order valence-electron chi connectivity index (χ4n) is 2.91. The van der Waals surface area contributed by atoms with E-state index in [0.29, 0.717) is 21.5 Å². The van der Waals surface area contributed by atoms with E-state index in [2.05, 4.69) is 28.1 Å². The molecular formula is C22H16BrNO2S2. The number of furan rings is 1. The van der Waals surface area contributed by atoms with Gasteiger partial charge in [-0.15, -0.1) is 0 Å². The average Bonchev–Trinajstić information content (AvgIpc) is 3.27. The van der Waals surface area contributed by atoms with Crippen LogP contribution in [0.4, 0.5) is 0 Å². The molecule has 0 aliphatic carbocycles. The Morgan fingerprint density at radius 3 is 2.54 bits per heavy atom. The summed E-state index contributed by atoms with van der Waals surface area (Å²) < 4.78 is 7.51. The Morgan fingerprint density at radius 1 is 1.04 bits per heavy atom. The van der Waals surface area contributed by atoms with Crippen molar-refractivity contribution in [2.24, 2.45) is 0 Å². The number of thiocarbonyl (C=S) groups is 1. The second-order valence-corrected chi connectivity index (χ2v) is 8.87. The Labute approximate surface area is 181 Å². The zero-order chi connectivity index (χ0) is 19.5. The van der Waals surface area contributed by atoms with E-state index < -0.39 is 0 Å². The van der Waals surface area contributed by atoms with Crippen LogP contribution in [0.3, 0.4) is 0 Å². The van der Waals surface area contributed by atoms with Gasteiger partial charge in [-0.2, -0.15) is 0 Å². The number of nitrogens with zero attached hydrogens (tertiary/aromatic N) is 1. The van der Waals surface area contributed by atoms with Gasteiger partial charge in [0.2, 0.25) is 0 Å². The smallest absolute Gasteiger partial charge is 0.266 e. The van der Waals surface area contributed by atoms with Crippen LogP contribution in [-0.4, -0.2) is 21.7 Å². The van der Waals surface area contributed by atoms with Gasteiger partial charge in [0.25, 0.3) is 5.91 Å². The lowest BCUT2D eigenvalue weighted by Gasteiger charge is -2.14. The molecule has 0 N–H and O–H groups in total. The lowest BCUT2D eigenvalue weighted by molar-refractivity contribution is -0.122. The molecule has 4 rings (SSSR count). The van der Waals surface area contributed by atoms with Crippen LogP contribution in [0.1, 0.15) is 11.3 Å². The van der Waals surface area contributed by atoms with Crippen molar-refractivity contribution in [1.29, 1.82) is 0 Å². The van der Waals surface area contributed by atoms with Crippen LogP contribution in [0.2, 0.25) is 0 Å². The predicted molar refractivity (Wildman–Crippen MR) is 122 cm³/mol. The van der Waals surface area contributed by atoms with Gasteiger partial charge in [0, 0.05) is 22.7 Å². The van der Waals surface area contributed by atoms with Crippen LogP contribution < -0.4 is 0 Å². The number of amides is 1. The van der Waals surface area contributed by atoms with Gasteiger partial charge in [-0.3, -0.25) is 9.69 Å². The molecule has 1 amide bonds. The molecule has 1 aliphatic rings. The SMILES string of the molecule is O=C1C(=Cc2ccc(-c3ccc(Br)cc3)o2)SC(=S)N1CCc1ccccc1.